The third-order valence-corrected chi connectivity index (χ3v) is 2.85. The van der Waals surface area contributed by atoms with Gasteiger partial charge in [-0.1, -0.05) is 20.8 Å². The molecule has 6 heteroatoms. The van der Waals surface area contributed by atoms with Gasteiger partial charge in [0.05, 0.1) is 10.2 Å². The van der Waals surface area contributed by atoms with Crippen LogP contribution in [0.4, 0.5) is 10.6 Å². The van der Waals surface area contributed by atoms with E-state index in [-0.39, 0.29) is 5.41 Å². The second kappa shape index (κ2) is 4.91. The number of hydrogen-bond acceptors (Lipinski definition) is 3. The van der Waals surface area contributed by atoms with Gasteiger partial charge in [0.25, 0.3) is 0 Å². The maximum absolute atomic E-state index is 11.6. The summed E-state index contributed by atoms with van der Waals surface area (Å²) in [5.74, 6) is 0.439. The first-order valence-electron chi connectivity index (χ1n) is 5.75. The molecule has 0 aromatic carbocycles. The van der Waals surface area contributed by atoms with E-state index < -0.39 is 11.7 Å². The largest absolute Gasteiger partial charge is 0.444 e. The molecule has 0 bridgehead atoms. The Morgan fingerprint density at radius 2 is 1.83 bits per heavy atom. The highest BCUT2D eigenvalue weighted by Gasteiger charge is 2.24. The molecule has 0 fully saturated rings. The number of nitrogens with one attached hydrogen (secondary N) is 2. The zero-order chi connectivity index (χ0) is 14.1. The number of ether oxygens (including phenoxy) is 1. The minimum Gasteiger partial charge on any atom is -0.444 e. The van der Waals surface area contributed by atoms with Gasteiger partial charge in [0.1, 0.15) is 5.60 Å². The molecular weight excluding hydrogens is 298 g/mol. The summed E-state index contributed by atoms with van der Waals surface area (Å²) >= 11 is 3.43. The van der Waals surface area contributed by atoms with Gasteiger partial charge in [-0.25, -0.2) is 4.79 Å². The van der Waals surface area contributed by atoms with Crippen molar-refractivity contribution >= 4 is 27.8 Å². The molecule has 0 aliphatic heterocycles. The zero-order valence-electron chi connectivity index (χ0n) is 11.6. The molecule has 0 spiro atoms. The Morgan fingerprint density at radius 1 is 1.28 bits per heavy atom. The number of hydrogen-bond donors (Lipinski definition) is 2. The van der Waals surface area contributed by atoms with E-state index in [1.54, 1.807) is 0 Å². The van der Waals surface area contributed by atoms with E-state index in [0.717, 1.165) is 10.2 Å². The molecule has 1 aromatic rings. The lowest BCUT2D eigenvalue weighted by Crippen LogP contribution is -2.27. The highest BCUT2D eigenvalue weighted by atomic mass is 79.9. The van der Waals surface area contributed by atoms with E-state index in [9.17, 15) is 4.79 Å². The van der Waals surface area contributed by atoms with Crippen molar-refractivity contribution in [3.63, 3.8) is 0 Å². The second-order valence-electron chi connectivity index (χ2n) is 6.14. The quantitative estimate of drug-likeness (QED) is 0.827. The van der Waals surface area contributed by atoms with Crippen LogP contribution in [0.2, 0.25) is 0 Å². The maximum Gasteiger partial charge on any atom is 0.413 e. The van der Waals surface area contributed by atoms with Gasteiger partial charge in [0.2, 0.25) is 0 Å². The van der Waals surface area contributed by atoms with Crippen LogP contribution in [-0.4, -0.2) is 21.9 Å². The van der Waals surface area contributed by atoms with E-state index >= 15 is 0 Å². The average Bonchev–Trinajstić information content (AvgIpc) is 2.43. The highest BCUT2D eigenvalue weighted by Crippen LogP contribution is 2.32. The van der Waals surface area contributed by atoms with E-state index in [0.29, 0.717) is 5.82 Å². The molecule has 1 amide bonds. The molecule has 0 saturated heterocycles. The van der Waals surface area contributed by atoms with E-state index in [4.69, 9.17) is 4.74 Å². The van der Waals surface area contributed by atoms with Crippen molar-refractivity contribution in [1.29, 1.82) is 0 Å². The van der Waals surface area contributed by atoms with Crippen molar-refractivity contribution in [2.45, 2.75) is 52.6 Å². The molecule has 0 atom stereocenters. The van der Waals surface area contributed by atoms with Gasteiger partial charge in [-0.15, -0.1) is 0 Å². The number of carbonyl (C=O) groups excluding carboxylic acids is 1. The van der Waals surface area contributed by atoms with Crippen molar-refractivity contribution in [1.82, 2.24) is 10.2 Å². The summed E-state index contributed by atoms with van der Waals surface area (Å²) < 4.78 is 5.92. The normalized spacial score (nSPS) is 12.4. The third-order valence-electron chi connectivity index (χ3n) is 2.08. The van der Waals surface area contributed by atoms with Crippen molar-refractivity contribution in [3.8, 4) is 0 Å². The number of anilines is 1. The van der Waals surface area contributed by atoms with Crippen LogP contribution in [0, 0.1) is 0 Å². The zero-order valence-corrected chi connectivity index (χ0v) is 13.2. The molecule has 0 aliphatic rings. The Bertz CT molecular complexity index is 441. The summed E-state index contributed by atoms with van der Waals surface area (Å²) in [7, 11) is 0. The van der Waals surface area contributed by atoms with Crippen molar-refractivity contribution < 1.29 is 9.53 Å². The lowest BCUT2D eigenvalue weighted by Gasteiger charge is -2.19. The van der Waals surface area contributed by atoms with Crippen LogP contribution in [0.15, 0.2) is 4.47 Å². The molecule has 102 valence electrons. The highest BCUT2D eigenvalue weighted by molar-refractivity contribution is 9.10. The van der Waals surface area contributed by atoms with Gasteiger partial charge in [-0.05, 0) is 36.7 Å². The van der Waals surface area contributed by atoms with Crippen molar-refractivity contribution in [2.75, 3.05) is 5.32 Å². The molecule has 0 unspecified atom stereocenters. The monoisotopic (exact) mass is 317 g/mol. The van der Waals surface area contributed by atoms with Crippen LogP contribution in [0.5, 0.6) is 0 Å². The summed E-state index contributed by atoms with van der Waals surface area (Å²) in [4.78, 5) is 11.6. The number of aromatic amines is 1. The molecule has 0 radical (unpaired) electrons. The van der Waals surface area contributed by atoms with Crippen molar-refractivity contribution in [3.05, 3.63) is 10.2 Å². The smallest absolute Gasteiger partial charge is 0.413 e. The average molecular weight is 318 g/mol. The molecular formula is C12H20BrN3O2. The second-order valence-corrected chi connectivity index (χ2v) is 6.93. The number of carbonyl (C=O) groups is 1. The third kappa shape index (κ3) is 4.01. The number of amides is 1. The van der Waals surface area contributed by atoms with E-state index in [1.807, 2.05) is 20.8 Å². The lowest BCUT2D eigenvalue weighted by molar-refractivity contribution is 0.0635. The Morgan fingerprint density at radius 3 is 2.22 bits per heavy atom. The molecule has 18 heavy (non-hydrogen) atoms. The van der Waals surface area contributed by atoms with Crippen LogP contribution >= 0.6 is 15.9 Å². The molecule has 0 aliphatic carbocycles. The predicted molar refractivity (Wildman–Crippen MR) is 74.8 cm³/mol. The number of rotatable bonds is 1. The standard InChI is InChI=1S/C12H20BrN3O2/c1-11(2,3)8-7(13)9(16-15-8)14-10(17)18-12(4,5)6/h1-6H3,(H2,14,15,16,17). The Balaban J connectivity index is 2.82. The van der Waals surface area contributed by atoms with Crippen LogP contribution in [0.1, 0.15) is 47.2 Å². The first-order valence-corrected chi connectivity index (χ1v) is 6.54. The topological polar surface area (TPSA) is 67.0 Å². The van der Waals surface area contributed by atoms with Gasteiger partial charge in [0, 0.05) is 5.41 Å². The van der Waals surface area contributed by atoms with Crippen molar-refractivity contribution in [2.24, 2.45) is 0 Å². The molecule has 5 nitrogen and oxygen atoms in total. The molecule has 1 rings (SSSR count). The Kier molecular flexibility index (Phi) is 4.10. The number of halogens is 1. The minimum atomic E-state index is -0.528. The van der Waals surface area contributed by atoms with E-state index in [1.165, 1.54) is 0 Å². The Labute approximate surface area is 116 Å². The Hall–Kier alpha value is -1.04. The fourth-order valence-corrected chi connectivity index (χ4v) is 2.18. The van der Waals surface area contributed by atoms with Gasteiger partial charge in [0.15, 0.2) is 5.82 Å². The van der Waals surface area contributed by atoms with Gasteiger partial charge in [-0.3, -0.25) is 10.4 Å². The summed E-state index contributed by atoms with van der Waals surface area (Å²) in [6.07, 6.45) is -0.518. The molecule has 1 aromatic heterocycles. The summed E-state index contributed by atoms with van der Waals surface area (Å²) in [5.41, 5.74) is 0.313. The van der Waals surface area contributed by atoms with Gasteiger partial charge in [-0.2, -0.15) is 5.10 Å². The predicted octanol–water partition coefficient (Wildman–Crippen LogP) is 3.82. The van der Waals surface area contributed by atoms with Crippen LogP contribution in [0.25, 0.3) is 0 Å². The lowest BCUT2D eigenvalue weighted by atomic mass is 9.92. The van der Waals surface area contributed by atoms with Crippen LogP contribution < -0.4 is 5.32 Å². The minimum absolute atomic E-state index is 0.0836. The SMILES string of the molecule is CC(C)(C)OC(=O)Nc1n[nH]c(C(C)(C)C)c1Br. The maximum atomic E-state index is 11.6. The number of H-pyrrole nitrogens is 1. The summed E-state index contributed by atoms with van der Waals surface area (Å²) in [5, 5.41) is 9.59. The van der Waals surface area contributed by atoms with E-state index in [2.05, 4.69) is 52.2 Å². The van der Waals surface area contributed by atoms with Crippen LogP contribution in [0.3, 0.4) is 0 Å². The summed E-state index contributed by atoms with van der Waals surface area (Å²) in [6.45, 7) is 11.6. The number of nitrogens with zero attached hydrogens (tertiary/aromatic N) is 1. The summed E-state index contributed by atoms with van der Waals surface area (Å²) in [6, 6.07) is 0. The fraction of sp³-hybridized carbons (Fsp3) is 0.667. The van der Waals surface area contributed by atoms with Crippen LogP contribution in [-0.2, 0) is 10.2 Å². The first kappa shape index (κ1) is 15.0. The van der Waals surface area contributed by atoms with Gasteiger partial charge < -0.3 is 4.74 Å². The first-order chi connectivity index (χ1) is 8.00. The molecule has 0 saturated carbocycles. The fourth-order valence-electron chi connectivity index (χ4n) is 1.31. The number of aromatic nitrogens is 2. The molecule has 1 heterocycles. The van der Waals surface area contributed by atoms with Gasteiger partial charge >= 0.3 is 6.09 Å². The molecule has 2 N–H and O–H groups in total.